The van der Waals surface area contributed by atoms with Gasteiger partial charge in [0.2, 0.25) is 0 Å². The van der Waals surface area contributed by atoms with Crippen LogP contribution in [0.5, 0.6) is 0 Å². The van der Waals surface area contributed by atoms with Crippen LogP contribution in [0.4, 0.5) is 0 Å². The van der Waals surface area contributed by atoms with E-state index in [1.807, 2.05) is 0 Å². The molecule has 0 nitrogen and oxygen atoms in total. The quantitative estimate of drug-likeness (QED) is 0.387. The van der Waals surface area contributed by atoms with Gasteiger partial charge in [-0.3, -0.25) is 0 Å². The lowest BCUT2D eigenvalue weighted by molar-refractivity contribution is 0.590. The summed E-state index contributed by atoms with van der Waals surface area (Å²) in [5.74, 6) is 1.37. The van der Waals surface area contributed by atoms with Gasteiger partial charge in [-0.1, -0.05) is 121 Å². The molecule has 0 fully saturated rings. The molecule has 0 N–H and O–H groups in total. The minimum Gasteiger partial charge on any atom is -0.0587 e. The van der Waals surface area contributed by atoms with Gasteiger partial charge in [0, 0.05) is 5.92 Å². The molecule has 0 atom stereocenters. The Hall–Kier alpha value is -2.34. The first-order valence-electron chi connectivity index (χ1n) is 11.0. The predicted molar refractivity (Wildman–Crippen MR) is 127 cm³/mol. The first kappa shape index (κ1) is 21.4. The summed E-state index contributed by atoms with van der Waals surface area (Å²) in [5, 5.41) is 0. The van der Waals surface area contributed by atoms with Crippen molar-refractivity contribution in [1.29, 1.82) is 0 Å². The Labute approximate surface area is 178 Å². The Morgan fingerprint density at radius 1 is 0.448 bits per heavy atom. The van der Waals surface area contributed by atoms with Gasteiger partial charge in [0.05, 0.1) is 0 Å². The summed E-state index contributed by atoms with van der Waals surface area (Å²) in [4.78, 5) is 0. The van der Waals surface area contributed by atoms with Gasteiger partial charge in [-0.15, -0.1) is 0 Å². The van der Waals surface area contributed by atoms with Crippen molar-refractivity contribution in [3.8, 4) is 0 Å². The summed E-state index contributed by atoms with van der Waals surface area (Å²) in [6.45, 7) is 15.8. The summed E-state index contributed by atoms with van der Waals surface area (Å²) in [5.41, 5.74) is 8.41. The van der Waals surface area contributed by atoms with Crippen LogP contribution in [-0.4, -0.2) is 0 Å². The van der Waals surface area contributed by atoms with Crippen molar-refractivity contribution < 1.29 is 0 Å². The first-order valence-corrected chi connectivity index (χ1v) is 11.0. The van der Waals surface area contributed by atoms with Crippen LogP contribution in [-0.2, 0) is 5.41 Å². The van der Waals surface area contributed by atoms with Gasteiger partial charge in [-0.05, 0) is 50.6 Å². The molecule has 3 aromatic carbocycles. The number of rotatable bonds is 5. The Bertz CT molecular complexity index is 850. The Kier molecular flexibility index (Phi) is 6.32. The highest BCUT2D eigenvalue weighted by Crippen LogP contribution is 2.34. The number of hydrogen-bond acceptors (Lipinski definition) is 0. The third kappa shape index (κ3) is 4.99. The molecular formula is C29H36. The molecule has 0 aliphatic heterocycles. The summed E-state index contributed by atoms with van der Waals surface area (Å²) >= 11 is 0. The van der Waals surface area contributed by atoms with E-state index < -0.39 is 0 Å². The Balaban J connectivity index is 2.06. The van der Waals surface area contributed by atoms with Crippen molar-refractivity contribution in [3.63, 3.8) is 0 Å². The average molecular weight is 385 g/mol. The SMILES string of the molecule is CC(C)c1ccc(C(c2ccc(C(C)C)cc2)c2ccc(C(C)(C)C)cc2)cc1. The second kappa shape index (κ2) is 8.57. The largest absolute Gasteiger partial charge is 0.0587 e. The second-order valence-electron chi connectivity index (χ2n) is 9.95. The molecule has 0 bridgehead atoms. The minimum absolute atomic E-state index is 0.172. The molecule has 0 heteroatoms. The lowest BCUT2D eigenvalue weighted by atomic mass is 9.81. The van der Waals surface area contributed by atoms with E-state index in [2.05, 4.69) is 121 Å². The van der Waals surface area contributed by atoms with Crippen molar-refractivity contribution in [1.82, 2.24) is 0 Å². The normalized spacial score (nSPS) is 12.2. The van der Waals surface area contributed by atoms with E-state index in [0.717, 1.165) is 0 Å². The second-order valence-corrected chi connectivity index (χ2v) is 9.95. The predicted octanol–water partition coefficient (Wildman–Crippen LogP) is 8.41. The average Bonchev–Trinajstić information content (AvgIpc) is 2.69. The molecule has 0 aliphatic rings. The van der Waals surface area contributed by atoms with Crippen molar-refractivity contribution in [3.05, 3.63) is 106 Å². The van der Waals surface area contributed by atoms with Crippen LogP contribution in [0.1, 0.15) is 99.6 Å². The third-order valence-electron chi connectivity index (χ3n) is 5.98. The van der Waals surface area contributed by atoms with Crippen molar-refractivity contribution in [2.75, 3.05) is 0 Å². The highest BCUT2D eigenvalue weighted by Gasteiger charge is 2.19. The molecule has 0 radical (unpaired) electrons. The Morgan fingerprint density at radius 3 is 1.00 bits per heavy atom. The van der Waals surface area contributed by atoms with Gasteiger partial charge in [-0.2, -0.15) is 0 Å². The van der Waals surface area contributed by atoms with E-state index in [-0.39, 0.29) is 11.3 Å². The fourth-order valence-corrected chi connectivity index (χ4v) is 3.90. The molecule has 152 valence electrons. The van der Waals surface area contributed by atoms with E-state index >= 15 is 0 Å². The summed E-state index contributed by atoms with van der Waals surface area (Å²) in [6.07, 6.45) is 0. The first-order chi connectivity index (χ1) is 13.7. The molecule has 0 aliphatic carbocycles. The molecule has 0 spiro atoms. The zero-order valence-electron chi connectivity index (χ0n) is 19.2. The van der Waals surface area contributed by atoms with Gasteiger partial charge in [0.15, 0.2) is 0 Å². The van der Waals surface area contributed by atoms with Crippen LogP contribution in [0.25, 0.3) is 0 Å². The smallest absolute Gasteiger partial charge is 0.0339 e. The van der Waals surface area contributed by atoms with E-state index in [4.69, 9.17) is 0 Å². The van der Waals surface area contributed by atoms with Crippen molar-refractivity contribution in [2.45, 2.75) is 71.6 Å². The summed E-state index contributed by atoms with van der Waals surface area (Å²) in [6, 6.07) is 27.6. The maximum absolute atomic E-state index is 2.32. The maximum Gasteiger partial charge on any atom is 0.0339 e. The molecule has 0 saturated carbocycles. The van der Waals surface area contributed by atoms with Crippen LogP contribution in [0.2, 0.25) is 0 Å². The molecule has 3 aromatic rings. The molecule has 3 rings (SSSR count). The van der Waals surface area contributed by atoms with E-state index in [9.17, 15) is 0 Å². The Morgan fingerprint density at radius 2 is 0.724 bits per heavy atom. The monoisotopic (exact) mass is 384 g/mol. The maximum atomic E-state index is 2.32. The van der Waals surface area contributed by atoms with Crippen molar-refractivity contribution >= 4 is 0 Å². The van der Waals surface area contributed by atoms with Crippen molar-refractivity contribution in [2.24, 2.45) is 0 Å². The van der Waals surface area contributed by atoms with Gasteiger partial charge in [-0.25, -0.2) is 0 Å². The lowest BCUT2D eigenvalue weighted by Gasteiger charge is -2.23. The van der Waals surface area contributed by atoms with Crippen LogP contribution in [0.3, 0.4) is 0 Å². The minimum atomic E-state index is 0.172. The third-order valence-corrected chi connectivity index (χ3v) is 5.98. The number of hydrogen-bond donors (Lipinski definition) is 0. The molecule has 0 amide bonds. The molecular weight excluding hydrogens is 348 g/mol. The highest BCUT2D eigenvalue weighted by atomic mass is 14.2. The van der Waals surface area contributed by atoms with Gasteiger partial charge in [0.1, 0.15) is 0 Å². The fraction of sp³-hybridized carbons (Fsp3) is 0.379. The van der Waals surface area contributed by atoms with Crippen LogP contribution < -0.4 is 0 Å². The van der Waals surface area contributed by atoms with Gasteiger partial charge in [0.25, 0.3) is 0 Å². The van der Waals surface area contributed by atoms with E-state index in [1.54, 1.807) is 0 Å². The molecule has 0 heterocycles. The van der Waals surface area contributed by atoms with Crippen LogP contribution in [0, 0.1) is 0 Å². The molecule has 0 saturated heterocycles. The summed E-state index contributed by atoms with van der Waals surface area (Å²) < 4.78 is 0. The highest BCUT2D eigenvalue weighted by molar-refractivity contribution is 5.46. The van der Waals surface area contributed by atoms with Crippen LogP contribution >= 0.6 is 0 Å². The molecule has 0 unspecified atom stereocenters. The van der Waals surface area contributed by atoms with E-state index in [0.29, 0.717) is 11.8 Å². The molecule has 29 heavy (non-hydrogen) atoms. The van der Waals surface area contributed by atoms with Crippen LogP contribution in [0.15, 0.2) is 72.8 Å². The topological polar surface area (TPSA) is 0 Å². The standard InChI is InChI=1S/C29H36/c1-20(2)22-8-12-24(13-9-22)28(25-14-10-23(11-15-25)21(3)4)26-16-18-27(19-17-26)29(5,6)7/h8-21,28H,1-7H3. The fourth-order valence-electron chi connectivity index (χ4n) is 3.90. The lowest BCUT2D eigenvalue weighted by Crippen LogP contribution is -2.11. The van der Waals surface area contributed by atoms with E-state index in [1.165, 1.54) is 33.4 Å². The zero-order valence-corrected chi connectivity index (χ0v) is 19.2. The van der Waals surface area contributed by atoms with Gasteiger partial charge < -0.3 is 0 Å². The summed E-state index contributed by atoms with van der Waals surface area (Å²) in [7, 11) is 0. The molecule has 0 aromatic heterocycles. The zero-order chi connectivity index (χ0) is 21.2. The van der Waals surface area contributed by atoms with Gasteiger partial charge >= 0.3 is 0 Å². The number of benzene rings is 3.